The van der Waals surface area contributed by atoms with E-state index in [4.69, 9.17) is 0 Å². The van der Waals surface area contributed by atoms with Gasteiger partial charge in [0.25, 0.3) is 0 Å². The lowest BCUT2D eigenvalue weighted by Crippen LogP contribution is -2.49. The molecule has 0 amide bonds. The normalized spacial score (nSPS) is 25.2. The summed E-state index contributed by atoms with van der Waals surface area (Å²) in [5.74, 6) is 0. The average Bonchev–Trinajstić information content (AvgIpc) is 2.50. The number of benzene rings is 1. The molecule has 1 aliphatic carbocycles. The largest absolute Gasteiger partial charge is 0.388 e. The van der Waals surface area contributed by atoms with E-state index in [0.29, 0.717) is 0 Å². The molecule has 2 heteroatoms. The highest BCUT2D eigenvalue weighted by Crippen LogP contribution is 2.42. The number of hydrogen-bond donors (Lipinski definition) is 1. The Morgan fingerprint density at radius 2 is 1.45 bits per heavy atom. The molecule has 1 heterocycles. The Morgan fingerprint density at radius 1 is 0.850 bits per heavy atom. The molecule has 1 saturated carbocycles. The minimum absolute atomic E-state index is 0.198. The topological polar surface area (TPSA) is 23.5 Å². The summed E-state index contributed by atoms with van der Waals surface area (Å²) in [5, 5.41) is 11.3. The molecular formula is C18H27NO. The van der Waals surface area contributed by atoms with Gasteiger partial charge in [0.2, 0.25) is 0 Å². The Hall–Kier alpha value is -0.860. The SMILES string of the molecule is OC1(C(c2ccccc2)N2CCCCC2)CCCCC1. The van der Waals surface area contributed by atoms with Gasteiger partial charge in [0, 0.05) is 0 Å². The van der Waals surface area contributed by atoms with Crippen molar-refractivity contribution in [1.29, 1.82) is 0 Å². The third kappa shape index (κ3) is 2.91. The average molecular weight is 273 g/mol. The first-order valence-corrected chi connectivity index (χ1v) is 8.31. The van der Waals surface area contributed by atoms with Gasteiger partial charge in [-0.15, -0.1) is 0 Å². The van der Waals surface area contributed by atoms with Crippen LogP contribution >= 0.6 is 0 Å². The molecule has 0 radical (unpaired) electrons. The van der Waals surface area contributed by atoms with Crippen LogP contribution in [0.4, 0.5) is 0 Å². The van der Waals surface area contributed by atoms with E-state index in [9.17, 15) is 5.11 Å². The predicted molar refractivity (Wildman–Crippen MR) is 82.6 cm³/mol. The highest BCUT2D eigenvalue weighted by atomic mass is 16.3. The van der Waals surface area contributed by atoms with Crippen molar-refractivity contribution in [3.05, 3.63) is 35.9 Å². The van der Waals surface area contributed by atoms with Crippen LogP contribution in [0.3, 0.4) is 0 Å². The maximum Gasteiger partial charge on any atom is 0.0843 e. The van der Waals surface area contributed by atoms with Gasteiger partial charge in [-0.05, 0) is 44.3 Å². The molecule has 1 atom stereocenters. The van der Waals surface area contributed by atoms with Gasteiger partial charge in [0.05, 0.1) is 11.6 Å². The molecule has 1 unspecified atom stereocenters. The second-order valence-corrected chi connectivity index (χ2v) is 6.57. The Balaban J connectivity index is 1.90. The molecule has 20 heavy (non-hydrogen) atoms. The molecule has 0 aromatic heterocycles. The fraction of sp³-hybridized carbons (Fsp3) is 0.667. The molecule has 110 valence electrons. The number of piperidine rings is 1. The van der Waals surface area contributed by atoms with E-state index < -0.39 is 5.60 Å². The van der Waals surface area contributed by atoms with Crippen molar-refractivity contribution in [1.82, 2.24) is 4.90 Å². The molecule has 2 fully saturated rings. The number of nitrogens with zero attached hydrogens (tertiary/aromatic N) is 1. The number of aliphatic hydroxyl groups is 1. The minimum Gasteiger partial charge on any atom is -0.388 e. The van der Waals surface area contributed by atoms with E-state index in [1.807, 2.05) is 0 Å². The summed E-state index contributed by atoms with van der Waals surface area (Å²) in [4.78, 5) is 2.55. The van der Waals surface area contributed by atoms with Crippen LogP contribution in [0.5, 0.6) is 0 Å². The van der Waals surface area contributed by atoms with Crippen LogP contribution < -0.4 is 0 Å². The third-order valence-electron chi connectivity index (χ3n) is 5.10. The lowest BCUT2D eigenvalue weighted by molar-refractivity contribution is -0.0790. The Kier molecular flexibility index (Phi) is 4.42. The van der Waals surface area contributed by atoms with Crippen LogP contribution in [0.2, 0.25) is 0 Å². The van der Waals surface area contributed by atoms with Crippen molar-refractivity contribution < 1.29 is 5.11 Å². The van der Waals surface area contributed by atoms with Gasteiger partial charge < -0.3 is 5.11 Å². The summed E-state index contributed by atoms with van der Waals surface area (Å²) in [6.45, 7) is 2.28. The Bertz CT molecular complexity index is 405. The highest BCUT2D eigenvalue weighted by molar-refractivity contribution is 5.23. The van der Waals surface area contributed by atoms with Crippen molar-refractivity contribution in [2.24, 2.45) is 0 Å². The third-order valence-corrected chi connectivity index (χ3v) is 5.10. The summed E-state index contributed by atoms with van der Waals surface area (Å²) >= 11 is 0. The van der Waals surface area contributed by atoms with Gasteiger partial charge in [0.1, 0.15) is 0 Å². The van der Waals surface area contributed by atoms with Crippen LogP contribution in [0.25, 0.3) is 0 Å². The molecule has 1 aromatic carbocycles. The Labute approximate surface area is 122 Å². The highest BCUT2D eigenvalue weighted by Gasteiger charge is 2.42. The predicted octanol–water partition coefficient (Wildman–Crippen LogP) is 3.91. The fourth-order valence-corrected chi connectivity index (χ4v) is 4.11. The summed E-state index contributed by atoms with van der Waals surface area (Å²) in [5.41, 5.74) is 0.788. The number of hydrogen-bond acceptors (Lipinski definition) is 2. The lowest BCUT2D eigenvalue weighted by atomic mass is 9.76. The maximum absolute atomic E-state index is 11.3. The first kappa shape index (κ1) is 14.1. The van der Waals surface area contributed by atoms with Gasteiger partial charge in [-0.3, -0.25) is 4.90 Å². The van der Waals surface area contributed by atoms with Gasteiger partial charge in [-0.25, -0.2) is 0 Å². The maximum atomic E-state index is 11.3. The van der Waals surface area contributed by atoms with E-state index >= 15 is 0 Å². The monoisotopic (exact) mass is 273 g/mol. The van der Waals surface area contributed by atoms with E-state index in [1.165, 1.54) is 44.1 Å². The van der Waals surface area contributed by atoms with Gasteiger partial charge in [-0.1, -0.05) is 56.0 Å². The zero-order valence-corrected chi connectivity index (χ0v) is 12.4. The van der Waals surface area contributed by atoms with Crippen LogP contribution in [0, 0.1) is 0 Å². The molecule has 1 aromatic rings. The molecule has 0 bridgehead atoms. The first-order valence-electron chi connectivity index (χ1n) is 8.31. The van der Waals surface area contributed by atoms with Crippen molar-refractivity contribution in [3.8, 4) is 0 Å². The molecule has 1 saturated heterocycles. The van der Waals surface area contributed by atoms with Crippen LogP contribution in [-0.4, -0.2) is 28.7 Å². The molecule has 1 N–H and O–H groups in total. The van der Waals surface area contributed by atoms with E-state index in [-0.39, 0.29) is 6.04 Å². The summed E-state index contributed by atoms with van der Waals surface area (Å²) < 4.78 is 0. The standard InChI is InChI=1S/C18H27NO/c20-18(12-6-2-7-13-18)17(16-10-4-1-5-11-16)19-14-8-3-9-15-19/h1,4-5,10-11,17,20H,2-3,6-9,12-15H2. The summed E-state index contributed by atoms with van der Waals surface area (Å²) in [7, 11) is 0. The quantitative estimate of drug-likeness (QED) is 0.902. The first-order chi connectivity index (χ1) is 9.80. The summed E-state index contributed by atoms with van der Waals surface area (Å²) in [6.07, 6.45) is 9.45. The zero-order valence-electron chi connectivity index (χ0n) is 12.4. The van der Waals surface area contributed by atoms with E-state index in [0.717, 1.165) is 25.9 Å². The van der Waals surface area contributed by atoms with Crippen molar-refractivity contribution in [2.45, 2.75) is 63.0 Å². The van der Waals surface area contributed by atoms with Gasteiger partial charge >= 0.3 is 0 Å². The smallest absolute Gasteiger partial charge is 0.0843 e. The van der Waals surface area contributed by atoms with Gasteiger partial charge in [-0.2, -0.15) is 0 Å². The minimum atomic E-state index is -0.517. The number of rotatable bonds is 3. The van der Waals surface area contributed by atoms with Crippen molar-refractivity contribution in [3.63, 3.8) is 0 Å². The fourth-order valence-electron chi connectivity index (χ4n) is 4.11. The number of likely N-dealkylation sites (tertiary alicyclic amines) is 1. The lowest BCUT2D eigenvalue weighted by Gasteiger charge is -2.46. The molecule has 1 aliphatic heterocycles. The molecule has 2 nitrogen and oxygen atoms in total. The Morgan fingerprint density at radius 3 is 2.10 bits per heavy atom. The summed E-state index contributed by atoms with van der Waals surface area (Å²) in [6, 6.07) is 10.9. The zero-order chi connectivity index (χ0) is 13.8. The van der Waals surface area contributed by atoms with Crippen LogP contribution in [0.15, 0.2) is 30.3 Å². The molecule has 3 rings (SSSR count). The van der Waals surface area contributed by atoms with Gasteiger partial charge in [0.15, 0.2) is 0 Å². The molecule has 0 spiro atoms. The molecule has 2 aliphatic rings. The van der Waals surface area contributed by atoms with E-state index in [1.54, 1.807) is 0 Å². The molecular weight excluding hydrogens is 246 g/mol. The van der Waals surface area contributed by atoms with Crippen molar-refractivity contribution >= 4 is 0 Å². The second-order valence-electron chi connectivity index (χ2n) is 6.57. The van der Waals surface area contributed by atoms with E-state index in [2.05, 4.69) is 35.2 Å². The van der Waals surface area contributed by atoms with Crippen LogP contribution in [0.1, 0.15) is 63.0 Å². The van der Waals surface area contributed by atoms with Crippen LogP contribution in [-0.2, 0) is 0 Å². The van der Waals surface area contributed by atoms with Crippen molar-refractivity contribution in [2.75, 3.05) is 13.1 Å². The second kappa shape index (κ2) is 6.28.